The van der Waals surface area contributed by atoms with Crippen molar-refractivity contribution in [3.63, 3.8) is 0 Å². The Morgan fingerprint density at radius 3 is 2.62 bits per heavy atom. The highest BCUT2D eigenvalue weighted by Gasteiger charge is 2.51. The number of hydrogen-bond donors (Lipinski definition) is 2. The van der Waals surface area contributed by atoms with Crippen LogP contribution in [0.15, 0.2) is 47.1 Å². The van der Waals surface area contributed by atoms with Gasteiger partial charge in [0.25, 0.3) is 5.91 Å². The van der Waals surface area contributed by atoms with Crippen LogP contribution in [0.5, 0.6) is 5.75 Å². The fraction of sp³-hybridized carbons (Fsp3) is 0.350. The molecule has 2 heterocycles. The first-order valence-corrected chi connectivity index (χ1v) is 9.11. The summed E-state index contributed by atoms with van der Waals surface area (Å²) < 4.78 is 15.6. The second-order valence-corrected chi connectivity index (χ2v) is 6.66. The molecule has 2 atom stereocenters. The summed E-state index contributed by atoms with van der Waals surface area (Å²) in [5, 5.41) is 12.8. The Balaban J connectivity index is 1.55. The summed E-state index contributed by atoms with van der Waals surface area (Å²) in [7, 11) is 0. The lowest BCUT2D eigenvalue weighted by Crippen LogP contribution is -2.42. The number of aliphatic hydroxyl groups is 1. The lowest BCUT2D eigenvalue weighted by molar-refractivity contribution is -0.132. The maximum absolute atomic E-state index is 12.7. The number of β-amino-alcohol motifs (C(OH)–C–C–N with tert-alkyl or cyclic N) is 1. The Morgan fingerprint density at radius 1 is 1.28 bits per heavy atom. The Kier molecular flexibility index (Phi) is 5.88. The van der Waals surface area contributed by atoms with Gasteiger partial charge in [0.15, 0.2) is 5.54 Å². The normalized spacial score (nSPS) is 19.8. The number of nitrogens with one attached hydrogen (secondary N) is 1. The van der Waals surface area contributed by atoms with Crippen molar-refractivity contribution in [1.29, 1.82) is 0 Å². The number of esters is 1. The van der Waals surface area contributed by atoms with E-state index in [-0.39, 0.29) is 19.8 Å². The van der Waals surface area contributed by atoms with Gasteiger partial charge in [-0.1, -0.05) is 0 Å². The third-order valence-electron chi connectivity index (χ3n) is 4.49. The standard InChI is InChI=1S/C20H22N2O7/c1-3-27-17(24)13-6-8-15(9-7-13)29-12-14(23)11-22-18(25)20(2,21-19(22)26)16-5-4-10-28-16/h4-10,14,23H,3,11-12H2,1-2H3,(H,21,26)/t14-,20-/m0/s1. The predicted octanol–water partition coefficient (Wildman–Crippen LogP) is 1.66. The number of benzene rings is 1. The van der Waals surface area contributed by atoms with E-state index in [1.54, 1.807) is 50.2 Å². The summed E-state index contributed by atoms with van der Waals surface area (Å²) in [6.07, 6.45) is 0.312. The maximum Gasteiger partial charge on any atom is 0.338 e. The molecule has 0 unspecified atom stereocenters. The molecule has 0 radical (unpaired) electrons. The van der Waals surface area contributed by atoms with Crippen LogP contribution in [0.25, 0.3) is 0 Å². The van der Waals surface area contributed by atoms with Crippen LogP contribution in [0.4, 0.5) is 4.79 Å². The fourth-order valence-electron chi connectivity index (χ4n) is 2.95. The highest BCUT2D eigenvalue weighted by Crippen LogP contribution is 2.29. The summed E-state index contributed by atoms with van der Waals surface area (Å²) in [5.74, 6) is -0.215. The molecule has 29 heavy (non-hydrogen) atoms. The minimum absolute atomic E-state index is 0.146. The van der Waals surface area contributed by atoms with Gasteiger partial charge >= 0.3 is 12.0 Å². The van der Waals surface area contributed by atoms with E-state index >= 15 is 0 Å². The summed E-state index contributed by atoms with van der Waals surface area (Å²) in [6.45, 7) is 3.17. The molecule has 1 aliphatic rings. The molecule has 1 aromatic carbocycles. The molecule has 3 rings (SSSR count). The third-order valence-corrected chi connectivity index (χ3v) is 4.49. The van der Waals surface area contributed by atoms with Crippen molar-refractivity contribution in [3.8, 4) is 5.75 Å². The van der Waals surface area contributed by atoms with E-state index in [4.69, 9.17) is 13.9 Å². The number of urea groups is 1. The Bertz CT molecular complexity index is 879. The monoisotopic (exact) mass is 402 g/mol. The second-order valence-electron chi connectivity index (χ2n) is 6.66. The van der Waals surface area contributed by atoms with Gasteiger partial charge in [-0.15, -0.1) is 0 Å². The van der Waals surface area contributed by atoms with Crippen LogP contribution >= 0.6 is 0 Å². The van der Waals surface area contributed by atoms with E-state index in [0.29, 0.717) is 17.1 Å². The molecule has 0 spiro atoms. The molecule has 2 N–H and O–H groups in total. The van der Waals surface area contributed by atoms with E-state index in [2.05, 4.69) is 5.32 Å². The zero-order valence-electron chi connectivity index (χ0n) is 16.1. The van der Waals surface area contributed by atoms with Crippen molar-refractivity contribution in [3.05, 3.63) is 54.0 Å². The number of carbonyl (C=O) groups is 3. The van der Waals surface area contributed by atoms with Crippen molar-refractivity contribution in [2.24, 2.45) is 0 Å². The predicted molar refractivity (Wildman–Crippen MR) is 100 cm³/mol. The number of rotatable bonds is 8. The Labute approximate surface area is 167 Å². The summed E-state index contributed by atoms with van der Waals surface area (Å²) >= 11 is 0. The Morgan fingerprint density at radius 2 is 2.00 bits per heavy atom. The first-order valence-electron chi connectivity index (χ1n) is 9.11. The number of ether oxygens (including phenoxy) is 2. The smallest absolute Gasteiger partial charge is 0.338 e. The van der Waals surface area contributed by atoms with Gasteiger partial charge in [-0.25, -0.2) is 9.59 Å². The molecule has 1 saturated heterocycles. The minimum Gasteiger partial charge on any atom is -0.491 e. The van der Waals surface area contributed by atoms with Crippen molar-refractivity contribution < 1.29 is 33.4 Å². The molecule has 0 aliphatic carbocycles. The molecule has 9 nitrogen and oxygen atoms in total. The highest BCUT2D eigenvalue weighted by atomic mass is 16.5. The summed E-state index contributed by atoms with van der Waals surface area (Å²) in [4.78, 5) is 37.5. The zero-order chi connectivity index (χ0) is 21.0. The molecule has 1 aromatic heterocycles. The van der Waals surface area contributed by atoms with Gasteiger partial charge in [-0.3, -0.25) is 9.69 Å². The van der Waals surface area contributed by atoms with E-state index in [0.717, 1.165) is 4.90 Å². The molecule has 3 amide bonds. The van der Waals surface area contributed by atoms with Crippen LogP contribution in [0.2, 0.25) is 0 Å². The van der Waals surface area contributed by atoms with Gasteiger partial charge in [0.2, 0.25) is 0 Å². The molecule has 9 heteroatoms. The van der Waals surface area contributed by atoms with Gasteiger partial charge in [0.1, 0.15) is 24.2 Å². The van der Waals surface area contributed by atoms with E-state index in [9.17, 15) is 19.5 Å². The average Bonchev–Trinajstić information content (AvgIpc) is 3.32. The number of nitrogens with zero attached hydrogens (tertiary/aromatic N) is 1. The number of hydrogen-bond acceptors (Lipinski definition) is 7. The Hall–Kier alpha value is -3.33. The second kappa shape index (κ2) is 8.36. The lowest BCUT2D eigenvalue weighted by atomic mass is 9.99. The van der Waals surface area contributed by atoms with Crippen molar-refractivity contribution in [2.75, 3.05) is 19.8 Å². The summed E-state index contributed by atoms with van der Waals surface area (Å²) in [5.41, 5.74) is -0.930. The fourth-order valence-corrected chi connectivity index (χ4v) is 2.95. The molecular weight excluding hydrogens is 380 g/mol. The molecule has 1 aliphatic heterocycles. The average molecular weight is 402 g/mol. The first kappa shape index (κ1) is 20.4. The zero-order valence-corrected chi connectivity index (χ0v) is 16.1. The van der Waals surface area contributed by atoms with Crippen LogP contribution < -0.4 is 10.1 Å². The number of amides is 3. The van der Waals surface area contributed by atoms with Crippen molar-refractivity contribution in [1.82, 2.24) is 10.2 Å². The lowest BCUT2D eigenvalue weighted by Gasteiger charge is -2.20. The van der Waals surface area contributed by atoms with E-state index < -0.39 is 29.6 Å². The molecule has 2 aromatic rings. The molecular formula is C20H22N2O7. The van der Waals surface area contributed by atoms with Crippen LogP contribution in [0.3, 0.4) is 0 Å². The van der Waals surface area contributed by atoms with Gasteiger partial charge in [0, 0.05) is 0 Å². The van der Waals surface area contributed by atoms with Crippen LogP contribution in [0.1, 0.15) is 30.0 Å². The van der Waals surface area contributed by atoms with Gasteiger partial charge in [-0.05, 0) is 50.2 Å². The SMILES string of the molecule is CCOC(=O)c1ccc(OC[C@@H](O)CN2C(=O)N[C@@](C)(c3ccco3)C2=O)cc1. The number of imide groups is 1. The van der Waals surface area contributed by atoms with E-state index in [1.165, 1.54) is 6.26 Å². The van der Waals surface area contributed by atoms with Crippen molar-refractivity contribution in [2.45, 2.75) is 25.5 Å². The molecule has 0 saturated carbocycles. The van der Waals surface area contributed by atoms with Crippen LogP contribution in [-0.2, 0) is 15.1 Å². The number of furan rings is 1. The van der Waals surface area contributed by atoms with Gasteiger partial charge in [0.05, 0.1) is 25.0 Å². The quantitative estimate of drug-likeness (QED) is 0.509. The first-order chi connectivity index (χ1) is 13.8. The van der Waals surface area contributed by atoms with Crippen LogP contribution in [-0.4, -0.2) is 53.8 Å². The molecule has 154 valence electrons. The van der Waals surface area contributed by atoms with Crippen LogP contribution in [0, 0.1) is 0 Å². The third kappa shape index (κ3) is 4.24. The van der Waals surface area contributed by atoms with Gasteiger partial charge < -0.3 is 24.3 Å². The summed E-state index contributed by atoms with van der Waals surface area (Å²) in [6, 6.07) is 8.84. The van der Waals surface area contributed by atoms with Gasteiger partial charge in [-0.2, -0.15) is 0 Å². The van der Waals surface area contributed by atoms with E-state index in [1.807, 2.05) is 0 Å². The molecule has 0 bridgehead atoms. The topological polar surface area (TPSA) is 118 Å². The highest BCUT2D eigenvalue weighted by molar-refractivity contribution is 6.06. The number of aliphatic hydroxyl groups excluding tert-OH is 1. The van der Waals surface area contributed by atoms with Crippen molar-refractivity contribution >= 4 is 17.9 Å². The molecule has 1 fully saturated rings. The largest absolute Gasteiger partial charge is 0.491 e. The maximum atomic E-state index is 12.7. The minimum atomic E-state index is -1.32. The number of carbonyl (C=O) groups excluding carboxylic acids is 3.